The number of rotatable bonds is 2. The fourth-order valence-electron chi connectivity index (χ4n) is 2.25. The third-order valence-corrected chi connectivity index (χ3v) is 3.94. The lowest BCUT2D eigenvalue weighted by Crippen LogP contribution is -2.13. The van der Waals surface area contributed by atoms with Gasteiger partial charge in [-0.1, -0.05) is 0 Å². The van der Waals surface area contributed by atoms with Crippen LogP contribution in [0.5, 0.6) is 0 Å². The van der Waals surface area contributed by atoms with E-state index in [2.05, 4.69) is 31.2 Å². The van der Waals surface area contributed by atoms with Crippen molar-refractivity contribution in [2.45, 2.75) is 6.92 Å². The maximum absolute atomic E-state index is 12.3. The molecular formula is C16H12BrN3O2. The topological polar surface area (TPSA) is 74.8 Å². The van der Waals surface area contributed by atoms with Crippen LogP contribution in [0.2, 0.25) is 0 Å². The number of aromatic amines is 1. The predicted octanol–water partition coefficient (Wildman–Crippen LogP) is 3.25. The first-order valence-corrected chi connectivity index (χ1v) is 7.39. The summed E-state index contributed by atoms with van der Waals surface area (Å²) < 4.78 is 0.494. The highest BCUT2D eigenvalue weighted by Crippen LogP contribution is 2.21. The van der Waals surface area contributed by atoms with Gasteiger partial charge in [-0.25, -0.2) is 4.98 Å². The number of hydrogen-bond acceptors (Lipinski definition) is 3. The summed E-state index contributed by atoms with van der Waals surface area (Å²) in [5.41, 5.74) is 2.58. The van der Waals surface area contributed by atoms with E-state index in [1.807, 2.05) is 13.0 Å². The molecule has 0 aliphatic rings. The number of benzene rings is 1. The molecule has 2 aromatic heterocycles. The van der Waals surface area contributed by atoms with Gasteiger partial charge in [-0.05, 0) is 58.7 Å². The van der Waals surface area contributed by atoms with Gasteiger partial charge in [-0.2, -0.15) is 0 Å². The third-order valence-electron chi connectivity index (χ3n) is 3.31. The van der Waals surface area contributed by atoms with Crippen molar-refractivity contribution in [2.24, 2.45) is 0 Å². The van der Waals surface area contributed by atoms with Crippen LogP contribution in [0.4, 0.5) is 5.69 Å². The van der Waals surface area contributed by atoms with E-state index < -0.39 is 0 Å². The van der Waals surface area contributed by atoms with Gasteiger partial charge < -0.3 is 10.3 Å². The molecule has 1 amide bonds. The molecule has 2 N–H and O–H groups in total. The van der Waals surface area contributed by atoms with Gasteiger partial charge in [0.15, 0.2) is 0 Å². The number of amides is 1. The summed E-state index contributed by atoms with van der Waals surface area (Å²) in [5.74, 6) is -0.249. The zero-order chi connectivity index (χ0) is 15.7. The summed E-state index contributed by atoms with van der Waals surface area (Å²) in [6.07, 6.45) is 1.61. The van der Waals surface area contributed by atoms with Gasteiger partial charge in [0.1, 0.15) is 4.60 Å². The second-order valence-corrected chi connectivity index (χ2v) is 5.62. The standard InChI is InChI=1S/C16H12BrN3O2/c1-9-7-14(21)20-13-5-4-10(8-12(9)13)19-16(22)11-3-2-6-18-15(11)17/h2-8H,1H3,(H,19,22)(H,20,21). The molecular weight excluding hydrogens is 346 g/mol. The average Bonchev–Trinajstić information content (AvgIpc) is 2.48. The van der Waals surface area contributed by atoms with Crippen molar-refractivity contribution in [1.29, 1.82) is 0 Å². The molecule has 0 aliphatic carbocycles. The fourth-order valence-corrected chi connectivity index (χ4v) is 2.68. The molecule has 0 spiro atoms. The summed E-state index contributed by atoms with van der Waals surface area (Å²) in [5, 5.41) is 3.72. The highest BCUT2D eigenvalue weighted by Gasteiger charge is 2.11. The Balaban J connectivity index is 1.96. The third kappa shape index (κ3) is 2.78. The lowest BCUT2D eigenvalue weighted by atomic mass is 10.1. The normalized spacial score (nSPS) is 10.6. The van der Waals surface area contributed by atoms with E-state index in [0.717, 1.165) is 16.5 Å². The Kier molecular flexibility index (Phi) is 3.77. The summed E-state index contributed by atoms with van der Waals surface area (Å²) in [4.78, 5) is 30.5. The molecule has 3 aromatic rings. The van der Waals surface area contributed by atoms with Gasteiger partial charge in [0.05, 0.1) is 5.56 Å². The molecule has 0 aliphatic heterocycles. The number of aromatic nitrogens is 2. The van der Waals surface area contributed by atoms with Crippen molar-refractivity contribution in [1.82, 2.24) is 9.97 Å². The number of carbonyl (C=O) groups is 1. The molecule has 0 unspecified atom stereocenters. The van der Waals surface area contributed by atoms with Crippen molar-refractivity contribution in [3.8, 4) is 0 Å². The van der Waals surface area contributed by atoms with Crippen LogP contribution < -0.4 is 10.9 Å². The van der Waals surface area contributed by atoms with E-state index >= 15 is 0 Å². The largest absolute Gasteiger partial charge is 0.322 e. The number of hydrogen-bond donors (Lipinski definition) is 2. The number of carbonyl (C=O) groups excluding carboxylic acids is 1. The molecule has 0 saturated carbocycles. The molecule has 0 atom stereocenters. The number of anilines is 1. The fraction of sp³-hybridized carbons (Fsp3) is 0.0625. The van der Waals surface area contributed by atoms with Gasteiger partial charge in [0, 0.05) is 28.9 Å². The number of nitrogens with one attached hydrogen (secondary N) is 2. The van der Waals surface area contributed by atoms with Crippen molar-refractivity contribution >= 4 is 38.4 Å². The van der Waals surface area contributed by atoms with E-state index in [4.69, 9.17) is 0 Å². The van der Waals surface area contributed by atoms with Crippen molar-refractivity contribution in [3.05, 3.63) is 68.7 Å². The van der Waals surface area contributed by atoms with Crippen molar-refractivity contribution in [3.63, 3.8) is 0 Å². The quantitative estimate of drug-likeness (QED) is 0.691. The molecule has 1 aromatic carbocycles. The summed E-state index contributed by atoms with van der Waals surface area (Å²) in [6, 6.07) is 10.3. The molecule has 0 fully saturated rings. The zero-order valence-electron chi connectivity index (χ0n) is 11.7. The number of nitrogens with zero attached hydrogens (tertiary/aromatic N) is 1. The minimum atomic E-state index is -0.249. The Bertz CT molecular complexity index is 934. The van der Waals surface area contributed by atoms with Gasteiger partial charge in [-0.3, -0.25) is 9.59 Å². The molecule has 22 heavy (non-hydrogen) atoms. The van der Waals surface area contributed by atoms with Crippen molar-refractivity contribution in [2.75, 3.05) is 5.32 Å². The Morgan fingerprint density at radius 2 is 2.09 bits per heavy atom. The minimum absolute atomic E-state index is 0.138. The molecule has 2 heterocycles. The highest BCUT2D eigenvalue weighted by atomic mass is 79.9. The van der Waals surface area contributed by atoms with Crippen LogP contribution in [-0.4, -0.2) is 15.9 Å². The smallest absolute Gasteiger partial charge is 0.258 e. The molecule has 0 saturated heterocycles. The van der Waals surface area contributed by atoms with Crippen LogP contribution in [0, 0.1) is 6.92 Å². The van der Waals surface area contributed by atoms with Crippen LogP contribution >= 0.6 is 15.9 Å². The molecule has 0 bridgehead atoms. The van der Waals surface area contributed by atoms with E-state index in [0.29, 0.717) is 15.9 Å². The predicted molar refractivity (Wildman–Crippen MR) is 89.2 cm³/mol. The van der Waals surface area contributed by atoms with Gasteiger partial charge in [0.2, 0.25) is 5.56 Å². The minimum Gasteiger partial charge on any atom is -0.322 e. The Labute approximate surface area is 134 Å². The number of H-pyrrole nitrogens is 1. The second kappa shape index (κ2) is 5.73. The first kappa shape index (κ1) is 14.5. The first-order chi connectivity index (χ1) is 10.5. The van der Waals surface area contributed by atoms with Gasteiger partial charge in [-0.15, -0.1) is 0 Å². The molecule has 3 rings (SSSR count). The molecule has 5 nitrogen and oxygen atoms in total. The van der Waals surface area contributed by atoms with Gasteiger partial charge in [0.25, 0.3) is 5.91 Å². The maximum atomic E-state index is 12.3. The Morgan fingerprint density at radius 3 is 2.86 bits per heavy atom. The SMILES string of the molecule is Cc1cc(=O)[nH]c2ccc(NC(=O)c3cccnc3Br)cc12. The Morgan fingerprint density at radius 1 is 1.27 bits per heavy atom. The van der Waals surface area contributed by atoms with E-state index in [-0.39, 0.29) is 11.5 Å². The first-order valence-electron chi connectivity index (χ1n) is 6.60. The molecule has 6 heteroatoms. The highest BCUT2D eigenvalue weighted by molar-refractivity contribution is 9.10. The lowest BCUT2D eigenvalue weighted by Gasteiger charge is -2.08. The van der Waals surface area contributed by atoms with Gasteiger partial charge >= 0.3 is 0 Å². The maximum Gasteiger partial charge on any atom is 0.258 e. The van der Waals surface area contributed by atoms with Crippen molar-refractivity contribution < 1.29 is 4.79 Å². The summed E-state index contributed by atoms with van der Waals surface area (Å²) in [7, 11) is 0. The number of halogens is 1. The number of aryl methyl sites for hydroxylation is 1. The van der Waals surface area contributed by atoms with E-state index in [1.165, 1.54) is 6.07 Å². The Hall–Kier alpha value is -2.47. The zero-order valence-corrected chi connectivity index (χ0v) is 13.3. The van der Waals surface area contributed by atoms with Crippen LogP contribution in [0.1, 0.15) is 15.9 Å². The van der Waals surface area contributed by atoms with E-state index in [9.17, 15) is 9.59 Å². The molecule has 0 radical (unpaired) electrons. The summed E-state index contributed by atoms with van der Waals surface area (Å²) >= 11 is 3.26. The summed E-state index contributed by atoms with van der Waals surface area (Å²) in [6.45, 7) is 1.86. The number of pyridine rings is 2. The second-order valence-electron chi connectivity index (χ2n) is 4.87. The van der Waals surface area contributed by atoms with Crippen LogP contribution in [0.25, 0.3) is 10.9 Å². The number of fused-ring (bicyclic) bond motifs is 1. The van der Waals surface area contributed by atoms with Crippen LogP contribution in [0.3, 0.4) is 0 Å². The van der Waals surface area contributed by atoms with Crippen LogP contribution in [-0.2, 0) is 0 Å². The van der Waals surface area contributed by atoms with E-state index in [1.54, 1.807) is 30.5 Å². The monoisotopic (exact) mass is 357 g/mol. The lowest BCUT2D eigenvalue weighted by molar-refractivity contribution is 0.102. The average molecular weight is 358 g/mol. The molecule has 110 valence electrons. The van der Waals surface area contributed by atoms with Crippen LogP contribution in [0.15, 0.2) is 52.0 Å².